The van der Waals surface area contributed by atoms with E-state index >= 15 is 0 Å². The van der Waals surface area contributed by atoms with E-state index in [2.05, 4.69) is 20.6 Å². The molecule has 1 saturated heterocycles. The number of halogens is 1. The van der Waals surface area contributed by atoms with Crippen molar-refractivity contribution in [1.82, 2.24) is 25.6 Å². The number of imidazole rings is 1. The first kappa shape index (κ1) is 24.6. The molecule has 2 aromatic heterocycles. The molecule has 190 valence electrons. The Labute approximate surface area is 214 Å². The molecule has 2 amide bonds. The van der Waals surface area contributed by atoms with Gasteiger partial charge in [-0.15, -0.1) is 0 Å². The SMILES string of the molecule is CC1(CNC(=O)NCc2ccccc2)COC(c2nc(-c3ccc(F)cc3)c(-c3ccncc3)[nH]2)OC1. The molecule has 2 aromatic carbocycles. The smallest absolute Gasteiger partial charge is 0.315 e. The van der Waals surface area contributed by atoms with E-state index in [9.17, 15) is 9.18 Å². The van der Waals surface area contributed by atoms with Gasteiger partial charge in [0.15, 0.2) is 5.82 Å². The summed E-state index contributed by atoms with van der Waals surface area (Å²) in [6, 6.07) is 19.4. The highest BCUT2D eigenvalue weighted by atomic mass is 19.1. The molecule has 0 spiro atoms. The summed E-state index contributed by atoms with van der Waals surface area (Å²) in [6.07, 6.45) is 2.70. The summed E-state index contributed by atoms with van der Waals surface area (Å²) >= 11 is 0. The third-order valence-electron chi connectivity index (χ3n) is 6.17. The van der Waals surface area contributed by atoms with Gasteiger partial charge in [-0.3, -0.25) is 4.98 Å². The van der Waals surface area contributed by atoms with Crippen molar-refractivity contribution >= 4 is 6.03 Å². The Kier molecular flexibility index (Phi) is 7.25. The number of ether oxygens (including phenoxy) is 2. The lowest BCUT2D eigenvalue weighted by molar-refractivity contribution is -0.231. The van der Waals surface area contributed by atoms with Crippen molar-refractivity contribution in [2.75, 3.05) is 19.8 Å². The fourth-order valence-electron chi connectivity index (χ4n) is 4.09. The van der Waals surface area contributed by atoms with Crippen LogP contribution >= 0.6 is 0 Å². The van der Waals surface area contributed by atoms with Gasteiger partial charge in [0, 0.05) is 42.0 Å². The second kappa shape index (κ2) is 10.9. The summed E-state index contributed by atoms with van der Waals surface area (Å²) in [5, 5.41) is 5.77. The van der Waals surface area contributed by atoms with E-state index in [0.717, 1.165) is 22.4 Å². The minimum Gasteiger partial charge on any atom is -0.345 e. The maximum Gasteiger partial charge on any atom is 0.315 e. The van der Waals surface area contributed by atoms with Crippen molar-refractivity contribution in [2.24, 2.45) is 5.41 Å². The number of amides is 2. The molecule has 3 heterocycles. The molecule has 4 aromatic rings. The van der Waals surface area contributed by atoms with Crippen LogP contribution in [-0.2, 0) is 16.0 Å². The van der Waals surface area contributed by atoms with Crippen LogP contribution in [0.1, 0.15) is 24.6 Å². The van der Waals surface area contributed by atoms with E-state index in [1.165, 1.54) is 12.1 Å². The van der Waals surface area contributed by atoms with Crippen LogP contribution in [0.4, 0.5) is 9.18 Å². The Bertz CT molecular complexity index is 1320. The minimum atomic E-state index is -0.699. The van der Waals surface area contributed by atoms with Crippen molar-refractivity contribution < 1.29 is 18.7 Å². The summed E-state index contributed by atoms with van der Waals surface area (Å²) in [5.41, 5.74) is 3.71. The Morgan fingerprint density at radius 3 is 2.41 bits per heavy atom. The van der Waals surface area contributed by atoms with Crippen molar-refractivity contribution in [3.05, 3.63) is 96.3 Å². The molecule has 8 nitrogen and oxygen atoms in total. The third kappa shape index (κ3) is 6.02. The van der Waals surface area contributed by atoms with Crippen LogP contribution in [0.3, 0.4) is 0 Å². The van der Waals surface area contributed by atoms with Crippen LogP contribution in [0.5, 0.6) is 0 Å². The number of rotatable bonds is 7. The molecule has 37 heavy (non-hydrogen) atoms. The highest BCUT2D eigenvalue weighted by Crippen LogP contribution is 2.35. The number of carbonyl (C=O) groups is 1. The topological polar surface area (TPSA) is 101 Å². The van der Waals surface area contributed by atoms with Crippen molar-refractivity contribution in [3.63, 3.8) is 0 Å². The Balaban J connectivity index is 1.23. The van der Waals surface area contributed by atoms with Gasteiger partial charge in [0.1, 0.15) is 5.82 Å². The zero-order valence-electron chi connectivity index (χ0n) is 20.4. The van der Waals surface area contributed by atoms with E-state index in [0.29, 0.717) is 37.8 Å². The monoisotopic (exact) mass is 501 g/mol. The number of hydrogen-bond acceptors (Lipinski definition) is 5. The summed E-state index contributed by atoms with van der Waals surface area (Å²) in [5.74, 6) is 0.201. The average molecular weight is 502 g/mol. The number of aromatic amines is 1. The second-order valence-corrected chi connectivity index (χ2v) is 9.37. The molecule has 1 fully saturated rings. The molecule has 1 aliphatic heterocycles. The standard InChI is InChI=1S/C28H28FN5O3/c1-28(16-32-27(35)31-15-19-5-3-2-4-6-19)17-36-26(37-18-28)25-33-23(20-7-9-22(29)10-8-20)24(34-25)21-11-13-30-14-12-21/h2-14,26H,15-18H2,1H3,(H,33,34)(H2,31,32,35). The van der Waals surface area contributed by atoms with E-state index in [4.69, 9.17) is 14.5 Å². The summed E-state index contributed by atoms with van der Waals surface area (Å²) < 4.78 is 25.6. The Morgan fingerprint density at radius 1 is 1.00 bits per heavy atom. The second-order valence-electron chi connectivity index (χ2n) is 9.37. The average Bonchev–Trinajstić information content (AvgIpc) is 3.38. The zero-order chi connectivity index (χ0) is 25.7. The maximum atomic E-state index is 13.5. The number of hydrogen-bond donors (Lipinski definition) is 3. The van der Waals surface area contributed by atoms with Crippen LogP contribution in [0.2, 0.25) is 0 Å². The van der Waals surface area contributed by atoms with Crippen LogP contribution in [-0.4, -0.2) is 40.7 Å². The summed E-state index contributed by atoms with van der Waals surface area (Å²) in [6.45, 7) is 3.57. The number of aromatic nitrogens is 3. The lowest BCUT2D eigenvalue weighted by Gasteiger charge is -2.36. The predicted octanol–water partition coefficient (Wildman–Crippen LogP) is 4.83. The Hall–Kier alpha value is -4.08. The fourth-order valence-corrected chi connectivity index (χ4v) is 4.09. The third-order valence-corrected chi connectivity index (χ3v) is 6.17. The number of pyridine rings is 1. The number of benzene rings is 2. The largest absolute Gasteiger partial charge is 0.345 e. The van der Waals surface area contributed by atoms with Gasteiger partial charge in [-0.25, -0.2) is 14.2 Å². The first-order valence-electron chi connectivity index (χ1n) is 12.0. The van der Waals surface area contributed by atoms with Gasteiger partial charge in [0.05, 0.1) is 24.6 Å². The highest BCUT2D eigenvalue weighted by molar-refractivity contribution is 5.78. The molecule has 0 saturated carbocycles. The first-order chi connectivity index (χ1) is 18.0. The van der Waals surface area contributed by atoms with Crippen LogP contribution in [0, 0.1) is 11.2 Å². The van der Waals surface area contributed by atoms with Gasteiger partial charge in [-0.2, -0.15) is 0 Å². The van der Waals surface area contributed by atoms with E-state index in [1.54, 1.807) is 24.5 Å². The summed E-state index contributed by atoms with van der Waals surface area (Å²) in [7, 11) is 0. The molecule has 0 bridgehead atoms. The molecular formula is C28H28FN5O3. The zero-order valence-corrected chi connectivity index (χ0v) is 20.4. The van der Waals surface area contributed by atoms with Crippen molar-refractivity contribution in [1.29, 1.82) is 0 Å². The molecule has 3 N–H and O–H groups in total. The number of urea groups is 1. The van der Waals surface area contributed by atoms with E-state index < -0.39 is 11.7 Å². The fraction of sp³-hybridized carbons (Fsp3) is 0.250. The van der Waals surface area contributed by atoms with Gasteiger partial charge in [0.2, 0.25) is 6.29 Å². The van der Waals surface area contributed by atoms with E-state index in [1.807, 2.05) is 49.4 Å². The number of carbonyl (C=O) groups excluding carboxylic acids is 1. The van der Waals surface area contributed by atoms with Gasteiger partial charge < -0.3 is 25.1 Å². The van der Waals surface area contributed by atoms with Gasteiger partial charge in [0.25, 0.3) is 0 Å². The molecule has 0 aliphatic carbocycles. The minimum absolute atomic E-state index is 0.246. The highest BCUT2D eigenvalue weighted by Gasteiger charge is 2.35. The molecule has 9 heteroatoms. The molecular weight excluding hydrogens is 473 g/mol. The van der Waals surface area contributed by atoms with Gasteiger partial charge in [-0.05, 0) is 42.0 Å². The summed E-state index contributed by atoms with van der Waals surface area (Å²) in [4.78, 5) is 24.4. The number of nitrogens with one attached hydrogen (secondary N) is 3. The predicted molar refractivity (Wildman–Crippen MR) is 137 cm³/mol. The van der Waals surface area contributed by atoms with Gasteiger partial charge in [-0.1, -0.05) is 37.3 Å². The Morgan fingerprint density at radius 2 is 1.70 bits per heavy atom. The van der Waals surface area contributed by atoms with Crippen molar-refractivity contribution in [2.45, 2.75) is 19.8 Å². The lowest BCUT2D eigenvalue weighted by Crippen LogP contribution is -2.47. The number of nitrogens with zero attached hydrogens (tertiary/aromatic N) is 2. The first-order valence-corrected chi connectivity index (χ1v) is 12.0. The lowest BCUT2D eigenvalue weighted by atomic mass is 9.92. The molecule has 0 atom stereocenters. The van der Waals surface area contributed by atoms with E-state index in [-0.39, 0.29) is 11.8 Å². The normalized spacial score (nSPS) is 19.4. The van der Waals surface area contributed by atoms with Crippen LogP contribution in [0.25, 0.3) is 22.5 Å². The van der Waals surface area contributed by atoms with Crippen LogP contribution < -0.4 is 10.6 Å². The van der Waals surface area contributed by atoms with Crippen molar-refractivity contribution in [3.8, 4) is 22.5 Å². The maximum absolute atomic E-state index is 13.5. The van der Waals surface area contributed by atoms with Crippen LogP contribution in [0.15, 0.2) is 79.1 Å². The molecule has 5 rings (SSSR count). The quantitative estimate of drug-likeness (QED) is 0.337. The molecule has 0 unspecified atom stereocenters. The molecule has 1 aliphatic rings. The molecule has 0 radical (unpaired) electrons. The van der Waals surface area contributed by atoms with Gasteiger partial charge >= 0.3 is 6.03 Å². The number of H-pyrrole nitrogens is 1.